The summed E-state index contributed by atoms with van der Waals surface area (Å²) in [5.41, 5.74) is 1.22. The van der Waals surface area contributed by atoms with Crippen molar-refractivity contribution in [2.45, 2.75) is 38.8 Å². The Hall–Kier alpha value is -0.580. The fraction of sp³-hybridized carbons (Fsp3) is 0.600. The van der Waals surface area contributed by atoms with Gasteiger partial charge in [-0.15, -0.1) is 0 Å². The third-order valence-corrected chi connectivity index (χ3v) is 3.72. The molecule has 0 amide bonds. The number of benzene rings is 1. The van der Waals surface area contributed by atoms with Crippen LogP contribution in [-0.2, 0) is 11.3 Å². The fourth-order valence-electron chi connectivity index (χ4n) is 2.17. The summed E-state index contributed by atoms with van der Waals surface area (Å²) in [5, 5.41) is 3.43. The average molecular weight is 328 g/mol. The standard InChI is InChI=1S/C15H22BrNO2/c1-2-7-17-11-12-10-13(16)3-4-15(12)19-14-5-8-18-9-6-14/h3-4,10,14,17H,2,5-9,11H2,1H3. The van der Waals surface area contributed by atoms with Crippen LogP contribution < -0.4 is 10.1 Å². The number of ether oxygens (including phenoxy) is 2. The molecule has 3 nitrogen and oxygen atoms in total. The SMILES string of the molecule is CCCNCc1cc(Br)ccc1OC1CCOCC1. The molecule has 0 atom stereocenters. The Morgan fingerprint density at radius 1 is 1.37 bits per heavy atom. The van der Waals surface area contributed by atoms with Crippen LogP contribution >= 0.6 is 15.9 Å². The molecular formula is C15H22BrNO2. The van der Waals surface area contributed by atoms with Gasteiger partial charge in [-0.25, -0.2) is 0 Å². The topological polar surface area (TPSA) is 30.5 Å². The molecule has 1 fully saturated rings. The van der Waals surface area contributed by atoms with E-state index in [1.54, 1.807) is 0 Å². The Morgan fingerprint density at radius 2 is 2.16 bits per heavy atom. The van der Waals surface area contributed by atoms with Crippen molar-refractivity contribution in [2.24, 2.45) is 0 Å². The highest BCUT2D eigenvalue weighted by Crippen LogP contribution is 2.26. The second kappa shape index (κ2) is 7.88. The molecule has 1 aliphatic heterocycles. The predicted molar refractivity (Wildman–Crippen MR) is 80.6 cm³/mol. The average Bonchev–Trinajstić information content (AvgIpc) is 2.43. The summed E-state index contributed by atoms with van der Waals surface area (Å²) in [6, 6.07) is 6.23. The van der Waals surface area contributed by atoms with E-state index in [2.05, 4.69) is 40.3 Å². The number of rotatable bonds is 6. The number of hydrogen-bond donors (Lipinski definition) is 1. The Labute approximate surface area is 123 Å². The summed E-state index contributed by atoms with van der Waals surface area (Å²) in [7, 11) is 0. The molecule has 1 heterocycles. The molecular weight excluding hydrogens is 306 g/mol. The first-order valence-corrected chi connectivity index (χ1v) is 7.82. The molecule has 1 saturated heterocycles. The second-order valence-electron chi connectivity index (χ2n) is 4.86. The van der Waals surface area contributed by atoms with Crippen molar-refractivity contribution in [2.75, 3.05) is 19.8 Å². The molecule has 106 valence electrons. The van der Waals surface area contributed by atoms with Gasteiger partial charge in [-0.05, 0) is 31.2 Å². The molecule has 2 rings (SSSR count). The summed E-state index contributed by atoms with van der Waals surface area (Å²) in [5.74, 6) is 0.999. The molecule has 0 spiro atoms. The summed E-state index contributed by atoms with van der Waals surface area (Å²) < 4.78 is 12.6. The van der Waals surface area contributed by atoms with E-state index in [4.69, 9.17) is 9.47 Å². The maximum absolute atomic E-state index is 6.13. The summed E-state index contributed by atoms with van der Waals surface area (Å²) >= 11 is 3.53. The Kier molecular flexibility index (Phi) is 6.14. The first-order valence-electron chi connectivity index (χ1n) is 7.03. The molecule has 1 aromatic rings. The van der Waals surface area contributed by atoms with Crippen molar-refractivity contribution in [1.82, 2.24) is 5.32 Å². The molecule has 0 aliphatic carbocycles. The van der Waals surface area contributed by atoms with Crippen molar-refractivity contribution >= 4 is 15.9 Å². The third kappa shape index (κ3) is 4.79. The van der Waals surface area contributed by atoms with Crippen molar-refractivity contribution in [1.29, 1.82) is 0 Å². The van der Waals surface area contributed by atoms with E-state index in [-0.39, 0.29) is 0 Å². The van der Waals surface area contributed by atoms with Crippen molar-refractivity contribution < 1.29 is 9.47 Å². The van der Waals surface area contributed by atoms with Crippen molar-refractivity contribution in [3.05, 3.63) is 28.2 Å². The third-order valence-electron chi connectivity index (χ3n) is 3.23. The molecule has 4 heteroatoms. The molecule has 19 heavy (non-hydrogen) atoms. The largest absolute Gasteiger partial charge is 0.490 e. The monoisotopic (exact) mass is 327 g/mol. The molecule has 1 aliphatic rings. The maximum Gasteiger partial charge on any atom is 0.124 e. The lowest BCUT2D eigenvalue weighted by molar-refractivity contribution is 0.0251. The molecule has 0 bridgehead atoms. The van der Waals surface area contributed by atoms with Crippen LogP contribution in [0.25, 0.3) is 0 Å². The zero-order valence-corrected chi connectivity index (χ0v) is 13.0. The van der Waals surface area contributed by atoms with E-state index >= 15 is 0 Å². The quantitative estimate of drug-likeness (QED) is 0.811. The van der Waals surface area contributed by atoms with Gasteiger partial charge in [-0.3, -0.25) is 0 Å². The highest BCUT2D eigenvalue weighted by Gasteiger charge is 2.16. The van der Waals surface area contributed by atoms with Gasteiger partial charge in [-0.2, -0.15) is 0 Å². The fourth-order valence-corrected chi connectivity index (χ4v) is 2.58. The van der Waals surface area contributed by atoms with Gasteiger partial charge in [0.1, 0.15) is 11.9 Å². The van der Waals surface area contributed by atoms with Gasteiger partial charge in [0.25, 0.3) is 0 Å². The van der Waals surface area contributed by atoms with Crippen molar-refractivity contribution in [3.8, 4) is 5.75 Å². The minimum absolute atomic E-state index is 0.292. The van der Waals surface area contributed by atoms with Crippen LogP contribution in [0.4, 0.5) is 0 Å². The van der Waals surface area contributed by atoms with E-state index < -0.39 is 0 Å². The van der Waals surface area contributed by atoms with Crippen LogP contribution in [-0.4, -0.2) is 25.9 Å². The summed E-state index contributed by atoms with van der Waals surface area (Å²) in [4.78, 5) is 0. The van der Waals surface area contributed by atoms with Crippen LogP contribution in [0.2, 0.25) is 0 Å². The van der Waals surface area contributed by atoms with Gasteiger partial charge in [0.05, 0.1) is 13.2 Å². The van der Waals surface area contributed by atoms with E-state index in [9.17, 15) is 0 Å². The first kappa shape index (κ1) is 14.8. The summed E-state index contributed by atoms with van der Waals surface area (Å²) in [6.07, 6.45) is 3.40. The van der Waals surface area contributed by atoms with Crippen LogP contribution in [0, 0.1) is 0 Å². The lowest BCUT2D eigenvalue weighted by Gasteiger charge is -2.24. The summed E-state index contributed by atoms with van der Waals surface area (Å²) in [6.45, 7) is 5.68. The van der Waals surface area contributed by atoms with Gasteiger partial charge in [0, 0.05) is 29.4 Å². The Bertz CT molecular complexity index is 392. The maximum atomic E-state index is 6.13. The number of halogens is 1. The van der Waals surface area contributed by atoms with Crippen LogP contribution in [0.15, 0.2) is 22.7 Å². The van der Waals surface area contributed by atoms with Gasteiger partial charge in [0.2, 0.25) is 0 Å². The van der Waals surface area contributed by atoms with Gasteiger partial charge in [-0.1, -0.05) is 22.9 Å². The van der Waals surface area contributed by atoms with E-state index in [1.807, 2.05) is 6.07 Å². The van der Waals surface area contributed by atoms with Crippen LogP contribution in [0.5, 0.6) is 5.75 Å². The molecule has 1 aromatic carbocycles. The Balaban J connectivity index is 2.00. The normalized spacial score (nSPS) is 16.5. The predicted octanol–water partition coefficient (Wildman–Crippen LogP) is 3.51. The lowest BCUT2D eigenvalue weighted by Crippen LogP contribution is -2.26. The lowest BCUT2D eigenvalue weighted by atomic mass is 10.1. The van der Waals surface area contributed by atoms with Gasteiger partial charge in [0.15, 0.2) is 0 Å². The molecule has 1 N–H and O–H groups in total. The van der Waals surface area contributed by atoms with Crippen LogP contribution in [0.3, 0.4) is 0 Å². The zero-order chi connectivity index (χ0) is 13.5. The zero-order valence-electron chi connectivity index (χ0n) is 11.5. The van der Waals surface area contributed by atoms with Crippen molar-refractivity contribution in [3.63, 3.8) is 0 Å². The molecule has 0 unspecified atom stereocenters. The molecule has 0 radical (unpaired) electrons. The van der Waals surface area contributed by atoms with Gasteiger partial charge < -0.3 is 14.8 Å². The van der Waals surface area contributed by atoms with E-state index in [0.717, 1.165) is 55.8 Å². The highest BCUT2D eigenvalue weighted by molar-refractivity contribution is 9.10. The second-order valence-corrected chi connectivity index (χ2v) is 5.77. The number of nitrogens with one attached hydrogen (secondary N) is 1. The van der Waals surface area contributed by atoms with E-state index in [0.29, 0.717) is 6.10 Å². The minimum Gasteiger partial charge on any atom is -0.490 e. The smallest absolute Gasteiger partial charge is 0.124 e. The minimum atomic E-state index is 0.292. The number of hydrogen-bond acceptors (Lipinski definition) is 3. The molecule has 0 saturated carbocycles. The molecule has 0 aromatic heterocycles. The van der Waals surface area contributed by atoms with Gasteiger partial charge >= 0.3 is 0 Å². The first-order chi connectivity index (χ1) is 9.29. The van der Waals surface area contributed by atoms with Crippen LogP contribution in [0.1, 0.15) is 31.7 Å². The Morgan fingerprint density at radius 3 is 2.89 bits per heavy atom. The van der Waals surface area contributed by atoms with E-state index in [1.165, 1.54) is 5.56 Å². The highest BCUT2D eigenvalue weighted by atomic mass is 79.9.